The number of aryl methyl sites for hydroxylation is 1. The fourth-order valence-corrected chi connectivity index (χ4v) is 3.63. The number of benzene rings is 2. The molecule has 0 amide bonds. The minimum Gasteiger partial charge on any atom is -0.423 e. The summed E-state index contributed by atoms with van der Waals surface area (Å²) in [5, 5.41) is -0.426. The predicted molar refractivity (Wildman–Crippen MR) is 86.4 cm³/mol. The first kappa shape index (κ1) is 18.9. The lowest BCUT2D eigenvalue weighted by atomic mass is 10.1. The smallest absolute Gasteiger partial charge is 0.417 e. The third kappa shape index (κ3) is 3.80. The monoisotopic (exact) mass is 402 g/mol. The Labute approximate surface area is 149 Å². The molecule has 1 heterocycles. The van der Waals surface area contributed by atoms with Crippen molar-refractivity contribution in [1.82, 2.24) is 0 Å². The SMILES string of the molecule is Cc1cc(F)ccc1S(=O)(=O)Oc1ccc2c(C(F)(F)F)cc(=O)oc2c1. The Morgan fingerprint density at radius 1 is 1.04 bits per heavy atom. The molecule has 2 aromatic carbocycles. The number of fused-ring (bicyclic) bond motifs is 1. The maximum atomic E-state index is 13.1. The second-order valence-electron chi connectivity index (χ2n) is 5.58. The van der Waals surface area contributed by atoms with Gasteiger partial charge in [-0.15, -0.1) is 0 Å². The van der Waals surface area contributed by atoms with Crippen LogP contribution >= 0.6 is 0 Å². The lowest BCUT2D eigenvalue weighted by Crippen LogP contribution is -2.12. The minimum atomic E-state index is -4.80. The van der Waals surface area contributed by atoms with Crippen molar-refractivity contribution in [2.24, 2.45) is 0 Å². The van der Waals surface area contributed by atoms with Gasteiger partial charge in [-0.2, -0.15) is 21.6 Å². The Kier molecular flexibility index (Phi) is 4.46. The maximum absolute atomic E-state index is 13.1. The van der Waals surface area contributed by atoms with E-state index in [-0.39, 0.29) is 16.2 Å². The van der Waals surface area contributed by atoms with Gasteiger partial charge in [-0.3, -0.25) is 0 Å². The number of halogens is 4. The molecule has 1 aromatic heterocycles. The zero-order chi connectivity index (χ0) is 20.0. The van der Waals surface area contributed by atoms with E-state index in [9.17, 15) is 30.8 Å². The van der Waals surface area contributed by atoms with Gasteiger partial charge in [0.1, 0.15) is 22.0 Å². The molecule has 0 atom stereocenters. The lowest BCUT2D eigenvalue weighted by molar-refractivity contribution is -0.136. The third-order valence-corrected chi connectivity index (χ3v) is 5.04. The van der Waals surface area contributed by atoms with Crippen LogP contribution in [0.1, 0.15) is 11.1 Å². The van der Waals surface area contributed by atoms with Gasteiger partial charge in [0.2, 0.25) is 0 Å². The second-order valence-corrected chi connectivity index (χ2v) is 7.10. The van der Waals surface area contributed by atoms with Crippen molar-refractivity contribution in [2.75, 3.05) is 0 Å². The molecule has 27 heavy (non-hydrogen) atoms. The Balaban J connectivity index is 2.07. The number of hydrogen-bond donors (Lipinski definition) is 0. The predicted octanol–water partition coefficient (Wildman–Crippen LogP) is 4.03. The summed E-state index contributed by atoms with van der Waals surface area (Å²) in [6, 6.07) is 6.02. The molecule has 0 fully saturated rings. The van der Waals surface area contributed by atoms with Crippen molar-refractivity contribution in [3.8, 4) is 5.75 Å². The molecule has 10 heteroatoms. The normalized spacial score (nSPS) is 12.3. The van der Waals surface area contributed by atoms with Gasteiger partial charge in [-0.25, -0.2) is 9.18 Å². The van der Waals surface area contributed by atoms with Gasteiger partial charge in [0.25, 0.3) is 0 Å². The van der Waals surface area contributed by atoms with E-state index < -0.39 is 44.3 Å². The Morgan fingerprint density at radius 2 is 1.74 bits per heavy atom. The fraction of sp³-hybridized carbons (Fsp3) is 0.118. The van der Waals surface area contributed by atoms with Crippen molar-refractivity contribution in [1.29, 1.82) is 0 Å². The largest absolute Gasteiger partial charge is 0.423 e. The number of hydrogen-bond acceptors (Lipinski definition) is 5. The molecule has 0 aliphatic carbocycles. The molecular formula is C17H10F4O5S. The van der Waals surface area contributed by atoms with Gasteiger partial charge in [-0.1, -0.05) is 0 Å². The van der Waals surface area contributed by atoms with Crippen molar-refractivity contribution < 1.29 is 34.6 Å². The summed E-state index contributed by atoms with van der Waals surface area (Å²) in [4.78, 5) is 11.1. The maximum Gasteiger partial charge on any atom is 0.417 e. The molecule has 0 bridgehead atoms. The van der Waals surface area contributed by atoms with Gasteiger partial charge in [0, 0.05) is 17.5 Å². The third-order valence-electron chi connectivity index (χ3n) is 3.63. The molecule has 0 saturated heterocycles. The van der Waals surface area contributed by atoms with Crippen molar-refractivity contribution in [2.45, 2.75) is 18.0 Å². The molecule has 3 rings (SSSR count). The van der Waals surface area contributed by atoms with Gasteiger partial charge < -0.3 is 8.60 Å². The highest BCUT2D eigenvalue weighted by atomic mass is 32.2. The van der Waals surface area contributed by atoms with Crippen LogP contribution in [0.5, 0.6) is 5.75 Å². The van der Waals surface area contributed by atoms with E-state index in [0.717, 1.165) is 36.4 Å². The van der Waals surface area contributed by atoms with Gasteiger partial charge >= 0.3 is 21.9 Å². The van der Waals surface area contributed by atoms with Gasteiger partial charge in [0.15, 0.2) is 0 Å². The summed E-state index contributed by atoms with van der Waals surface area (Å²) in [5.41, 5.74) is -2.86. The molecule has 0 spiro atoms. The van der Waals surface area contributed by atoms with E-state index >= 15 is 0 Å². The van der Waals surface area contributed by atoms with Crippen LogP contribution in [0, 0.1) is 12.7 Å². The number of alkyl halides is 3. The standard InChI is InChI=1S/C17H10F4O5S/c1-9-6-10(18)2-5-15(9)27(23,24)26-11-3-4-12-13(17(19,20)21)8-16(22)25-14(12)7-11/h2-8H,1H3. The van der Waals surface area contributed by atoms with E-state index in [1.165, 1.54) is 6.92 Å². The van der Waals surface area contributed by atoms with Crippen LogP contribution in [0.25, 0.3) is 11.0 Å². The summed E-state index contributed by atoms with van der Waals surface area (Å²) >= 11 is 0. The zero-order valence-electron chi connectivity index (χ0n) is 13.5. The molecule has 0 saturated carbocycles. The summed E-state index contributed by atoms with van der Waals surface area (Å²) in [7, 11) is -4.39. The first-order chi connectivity index (χ1) is 12.5. The summed E-state index contributed by atoms with van der Waals surface area (Å²) in [6.07, 6.45) is -4.80. The van der Waals surface area contributed by atoms with E-state index in [1.54, 1.807) is 0 Å². The molecule has 0 N–H and O–H groups in total. The van der Waals surface area contributed by atoms with Crippen LogP contribution in [0.15, 0.2) is 56.6 Å². The fourth-order valence-electron chi connectivity index (χ4n) is 2.49. The van der Waals surface area contributed by atoms with E-state index in [2.05, 4.69) is 0 Å². The van der Waals surface area contributed by atoms with Crippen LogP contribution in [0.2, 0.25) is 0 Å². The highest BCUT2D eigenvalue weighted by Gasteiger charge is 2.34. The van der Waals surface area contributed by atoms with Crippen LogP contribution < -0.4 is 9.81 Å². The molecule has 0 radical (unpaired) electrons. The van der Waals surface area contributed by atoms with E-state index in [4.69, 9.17) is 8.60 Å². The minimum absolute atomic E-state index is 0.0849. The summed E-state index contributed by atoms with van der Waals surface area (Å²) < 4.78 is 86.5. The molecule has 5 nitrogen and oxygen atoms in total. The lowest BCUT2D eigenvalue weighted by Gasteiger charge is -2.11. The van der Waals surface area contributed by atoms with Crippen LogP contribution in [-0.4, -0.2) is 8.42 Å². The highest BCUT2D eigenvalue weighted by Crippen LogP contribution is 2.35. The molecule has 0 aliphatic heterocycles. The Bertz CT molecular complexity index is 1200. The molecule has 0 aliphatic rings. The topological polar surface area (TPSA) is 73.6 Å². The van der Waals surface area contributed by atoms with Crippen molar-refractivity contribution >= 4 is 21.1 Å². The second kappa shape index (κ2) is 6.38. The van der Waals surface area contributed by atoms with Gasteiger partial charge in [0.05, 0.1) is 5.56 Å². The summed E-state index contributed by atoms with van der Waals surface area (Å²) in [6.45, 7) is 1.36. The highest BCUT2D eigenvalue weighted by molar-refractivity contribution is 7.87. The molecular weight excluding hydrogens is 392 g/mol. The van der Waals surface area contributed by atoms with Crippen molar-refractivity contribution in [3.05, 3.63) is 69.8 Å². The summed E-state index contributed by atoms with van der Waals surface area (Å²) in [5.74, 6) is -1.01. The van der Waals surface area contributed by atoms with E-state index in [0.29, 0.717) is 6.07 Å². The van der Waals surface area contributed by atoms with Crippen LogP contribution in [-0.2, 0) is 16.3 Å². The quantitative estimate of drug-likeness (QED) is 0.376. The first-order valence-corrected chi connectivity index (χ1v) is 8.74. The first-order valence-electron chi connectivity index (χ1n) is 7.33. The average molecular weight is 402 g/mol. The van der Waals surface area contributed by atoms with Crippen LogP contribution in [0.3, 0.4) is 0 Å². The molecule has 3 aromatic rings. The average Bonchev–Trinajstić information content (AvgIpc) is 2.52. The van der Waals surface area contributed by atoms with Gasteiger partial charge in [-0.05, 0) is 42.8 Å². The molecule has 0 unspecified atom stereocenters. The number of rotatable bonds is 3. The Hall–Kier alpha value is -2.88. The zero-order valence-corrected chi connectivity index (χ0v) is 14.3. The van der Waals surface area contributed by atoms with Crippen LogP contribution in [0.4, 0.5) is 17.6 Å². The Morgan fingerprint density at radius 3 is 2.37 bits per heavy atom. The van der Waals surface area contributed by atoms with Crippen molar-refractivity contribution in [3.63, 3.8) is 0 Å². The molecule has 142 valence electrons. The van der Waals surface area contributed by atoms with E-state index in [1.807, 2.05) is 0 Å².